The van der Waals surface area contributed by atoms with Crippen LogP contribution in [0.2, 0.25) is 5.02 Å². The zero-order valence-electron chi connectivity index (χ0n) is 19.7. The van der Waals surface area contributed by atoms with E-state index in [2.05, 4.69) is 36.1 Å². The third-order valence-electron chi connectivity index (χ3n) is 6.88. The van der Waals surface area contributed by atoms with E-state index in [9.17, 15) is 0 Å². The third-order valence-corrected chi connectivity index (χ3v) is 8.11. The van der Waals surface area contributed by atoms with Gasteiger partial charge in [0.15, 0.2) is 17.6 Å². The molecule has 0 amide bonds. The molecule has 0 radical (unpaired) electrons. The van der Waals surface area contributed by atoms with Gasteiger partial charge in [0.2, 0.25) is 0 Å². The van der Waals surface area contributed by atoms with Crippen molar-refractivity contribution in [2.24, 2.45) is 0 Å². The molecule has 0 unspecified atom stereocenters. The number of ether oxygens (including phenoxy) is 5. The van der Waals surface area contributed by atoms with Crippen LogP contribution in [0.5, 0.6) is 11.5 Å². The second kappa shape index (κ2) is 10.3. The molecule has 4 atom stereocenters. The van der Waals surface area contributed by atoms with Crippen molar-refractivity contribution in [1.29, 1.82) is 0 Å². The molecule has 3 fully saturated rings. The maximum atomic E-state index is 6.42. The van der Waals surface area contributed by atoms with Crippen LogP contribution in [0.4, 0.5) is 11.5 Å². The van der Waals surface area contributed by atoms with E-state index < -0.39 is 0 Å². The molecule has 190 valence electrons. The Morgan fingerprint density at radius 1 is 1.06 bits per heavy atom. The van der Waals surface area contributed by atoms with Gasteiger partial charge in [0.1, 0.15) is 24.4 Å². The minimum absolute atomic E-state index is 0.0181. The number of benzene rings is 2. The summed E-state index contributed by atoms with van der Waals surface area (Å²) in [7, 11) is 1.62. The molecule has 1 aromatic heterocycles. The lowest BCUT2D eigenvalue weighted by atomic mass is 10.1. The summed E-state index contributed by atoms with van der Waals surface area (Å²) < 4.78 is 30.8. The fourth-order valence-corrected chi connectivity index (χ4v) is 5.48. The van der Waals surface area contributed by atoms with E-state index in [1.807, 2.05) is 30.3 Å². The van der Waals surface area contributed by atoms with Crippen molar-refractivity contribution >= 4 is 49.9 Å². The first-order valence-electron chi connectivity index (χ1n) is 11.9. The summed E-state index contributed by atoms with van der Waals surface area (Å²) in [6, 6.07) is 9.60. The van der Waals surface area contributed by atoms with E-state index in [4.69, 9.17) is 35.3 Å². The molecule has 2 aromatic carbocycles. The molecule has 0 spiro atoms. The fourth-order valence-electron chi connectivity index (χ4n) is 5.06. The fraction of sp³-hybridized carbons (Fsp3) is 0.440. The molecule has 0 bridgehead atoms. The summed E-state index contributed by atoms with van der Waals surface area (Å²) >= 11 is 9.67. The number of hydrogen-bond acceptors (Lipinski definition) is 9. The van der Waals surface area contributed by atoms with Gasteiger partial charge in [0.25, 0.3) is 0 Å². The molecule has 3 aliphatic heterocycles. The largest absolute Gasteiger partial charge is 0.493 e. The second-order valence-electron chi connectivity index (χ2n) is 8.96. The first-order chi connectivity index (χ1) is 17.6. The number of halogens is 2. The number of anilines is 2. The van der Waals surface area contributed by atoms with Gasteiger partial charge in [-0.1, -0.05) is 11.6 Å². The Bertz CT molecular complexity index is 1260. The Hall–Kier alpha value is -2.21. The van der Waals surface area contributed by atoms with Crippen LogP contribution in [-0.2, 0) is 14.2 Å². The van der Waals surface area contributed by atoms with E-state index >= 15 is 0 Å². The van der Waals surface area contributed by atoms with Crippen LogP contribution in [0, 0.1) is 0 Å². The van der Waals surface area contributed by atoms with Crippen molar-refractivity contribution < 1.29 is 23.7 Å². The van der Waals surface area contributed by atoms with Gasteiger partial charge < -0.3 is 29.0 Å². The number of fused-ring (bicyclic) bond motifs is 2. The average Bonchev–Trinajstić information content (AvgIpc) is 3.49. The van der Waals surface area contributed by atoms with E-state index in [1.165, 1.54) is 6.33 Å². The summed E-state index contributed by atoms with van der Waals surface area (Å²) in [6.07, 6.45) is 1.12. The van der Waals surface area contributed by atoms with E-state index in [1.54, 1.807) is 7.11 Å². The highest BCUT2D eigenvalue weighted by molar-refractivity contribution is 9.10. The molecule has 0 aliphatic carbocycles. The van der Waals surface area contributed by atoms with Crippen LogP contribution in [0.1, 0.15) is 0 Å². The monoisotopic (exact) mass is 576 g/mol. The van der Waals surface area contributed by atoms with Crippen molar-refractivity contribution in [2.75, 3.05) is 51.9 Å². The average molecular weight is 578 g/mol. The zero-order valence-corrected chi connectivity index (χ0v) is 22.0. The molecular weight excluding hydrogens is 552 g/mol. The molecule has 0 saturated carbocycles. The Morgan fingerprint density at radius 3 is 2.69 bits per heavy atom. The number of hydrogen-bond donors (Lipinski definition) is 1. The predicted octanol–water partition coefficient (Wildman–Crippen LogP) is 4.04. The normalized spacial score (nSPS) is 26.2. The topological polar surface area (TPSA) is 87.2 Å². The quantitative estimate of drug-likeness (QED) is 0.466. The Labute approximate surface area is 222 Å². The standard InChI is InChI=1S/C25H26BrClN4O5/c1-32-20-9-15-18(28-13-29-25(15)30-14-2-3-16(26)17(27)8-14)10-21(20)36-22-12-35-23-19(11-34-24(22)23)31-4-6-33-7-5-31/h2-3,8-10,13,19,22-24H,4-7,11-12H2,1H3,(H,28,29,30)/t19-,22-,23+,24+/m0/s1. The molecule has 4 heterocycles. The Kier molecular flexibility index (Phi) is 6.89. The summed E-state index contributed by atoms with van der Waals surface area (Å²) in [5, 5.41) is 4.72. The van der Waals surface area contributed by atoms with Crippen LogP contribution in [0.15, 0.2) is 41.1 Å². The number of nitrogens with zero attached hydrogens (tertiary/aromatic N) is 3. The van der Waals surface area contributed by atoms with Gasteiger partial charge in [-0.25, -0.2) is 9.97 Å². The van der Waals surface area contributed by atoms with Gasteiger partial charge >= 0.3 is 0 Å². The highest BCUT2D eigenvalue weighted by Gasteiger charge is 2.51. The minimum Gasteiger partial charge on any atom is -0.493 e. The summed E-state index contributed by atoms with van der Waals surface area (Å²) in [6.45, 7) is 4.37. The molecule has 11 heteroatoms. The number of rotatable bonds is 6. The van der Waals surface area contributed by atoms with Crippen molar-refractivity contribution in [1.82, 2.24) is 14.9 Å². The highest BCUT2D eigenvalue weighted by Crippen LogP contribution is 2.39. The van der Waals surface area contributed by atoms with Crippen molar-refractivity contribution in [2.45, 2.75) is 24.4 Å². The number of morpholine rings is 1. The second-order valence-corrected chi connectivity index (χ2v) is 10.2. The molecule has 3 aromatic rings. The maximum Gasteiger partial charge on any atom is 0.164 e. The number of aromatic nitrogens is 2. The van der Waals surface area contributed by atoms with Crippen LogP contribution < -0.4 is 14.8 Å². The molecule has 3 saturated heterocycles. The van der Waals surface area contributed by atoms with Gasteiger partial charge in [0.05, 0.1) is 50.1 Å². The lowest BCUT2D eigenvalue weighted by molar-refractivity contribution is -0.0221. The van der Waals surface area contributed by atoms with Crippen molar-refractivity contribution in [3.05, 3.63) is 46.2 Å². The molecule has 3 aliphatic rings. The van der Waals surface area contributed by atoms with Crippen LogP contribution in [-0.4, -0.2) is 85.8 Å². The predicted molar refractivity (Wildman–Crippen MR) is 139 cm³/mol. The first-order valence-corrected chi connectivity index (χ1v) is 13.0. The molecule has 6 rings (SSSR count). The van der Waals surface area contributed by atoms with Gasteiger partial charge in [-0.05, 0) is 40.2 Å². The first kappa shape index (κ1) is 24.1. The van der Waals surface area contributed by atoms with Crippen LogP contribution in [0.25, 0.3) is 10.9 Å². The van der Waals surface area contributed by atoms with Crippen molar-refractivity contribution in [3.8, 4) is 11.5 Å². The lowest BCUT2D eigenvalue weighted by Crippen LogP contribution is -2.49. The van der Waals surface area contributed by atoms with Crippen LogP contribution in [0.3, 0.4) is 0 Å². The van der Waals surface area contributed by atoms with E-state index in [-0.39, 0.29) is 24.4 Å². The van der Waals surface area contributed by atoms with Gasteiger partial charge in [-0.2, -0.15) is 0 Å². The molecule has 9 nitrogen and oxygen atoms in total. The molecular formula is C25H26BrClN4O5. The SMILES string of the molecule is COc1cc2c(Nc3ccc(Br)c(Cl)c3)ncnc2cc1O[C@H]1CO[C@H]2[C@@H]1OC[C@@H]2N1CCOCC1. The van der Waals surface area contributed by atoms with Gasteiger partial charge in [-0.15, -0.1) is 0 Å². The third kappa shape index (κ3) is 4.62. The smallest absolute Gasteiger partial charge is 0.164 e. The molecule has 1 N–H and O–H groups in total. The van der Waals surface area contributed by atoms with E-state index in [0.29, 0.717) is 35.6 Å². The zero-order chi connectivity index (χ0) is 24.6. The minimum atomic E-state index is -0.239. The maximum absolute atomic E-state index is 6.42. The summed E-state index contributed by atoms with van der Waals surface area (Å²) in [4.78, 5) is 11.3. The Morgan fingerprint density at radius 2 is 1.89 bits per heavy atom. The van der Waals surface area contributed by atoms with Gasteiger partial charge in [0, 0.05) is 34.7 Å². The lowest BCUT2D eigenvalue weighted by Gasteiger charge is -2.33. The van der Waals surface area contributed by atoms with Crippen molar-refractivity contribution in [3.63, 3.8) is 0 Å². The molecule has 36 heavy (non-hydrogen) atoms. The number of nitrogens with one attached hydrogen (secondary N) is 1. The summed E-state index contributed by atoms with van der Waals surface area (Å²) in [5.74, 6) is 1.81. The van der Waals surface area contributed by atoms with Gasteiger partial charge in [-0.3, -0.25) is 4.90 Å². The summed E-state index contributed by atoms with van der Waals surface area (Å²) in [5.41, 5.74) is 1.53. The van der Waals surface area contributed by atoms with Crippen LogP contribution >= 0.6 is 27.5 Å². The van der Waals surface area contributed by atoms with E-state index in [0.717, 1.165) is 47.4 Å². The Balaban J connectivity index is 1.23. The highest BCUT2D eigenvalue weighted by atomic mass is 79.9. The number of methoxy groups -OCH3 is 1.